The molecule has 7 heteroatoms. The topological polar surface area (TPSA) is 72.6 Å². The van der Waals surface area contributed by atoms with E-state index in [-0.39, 0.29) is 19.1 Å². The lowest BCUT2D eigenvalue weighted by molar-refractivity contribution is -0.124. The van der Waals surface area contributed by atoms with E-state index in [2.05, 4.69) is 0 Å². The van der Waals surface area contributed by atoms with Gasteiger partial charge in [0.2, 0.25) is 5.91 Å². The number of carbonyl (C=O) groups excluding carboxylic acids is 2. The fraction of sp³-hybridized carbons (Fsp3) is 0.556. The molecule has 2 amide bonds. The molecule has 2 N–H and O–H groups in total. The molecule has 3 unspecified atom stereocenters. The van der Waals surface area contributed by atoms with Crippen LogP contribution in [0.25, 0.3) is 0 Å². The molecule has 136 valence electrons. The summed E-state index contributed by atoms with van der Waals surface area (Å²) >= 11 is 0. The maximum atomic E-state index is 13.6. The number of hydrogen-bond acceptors (Lipinski definition) is 3. The SMILES string of the molecule is CCCCOC(=O)N1CC2(c3cc(F)cc(F)c3)CC2CC1C(N)=O. The second kappa shape index (κ2) is 6.61. The van der Waals surface area contributed by atoms with E-state index in [0.29, 0.717) is 18.4 Å². The highest BCUT2D eigenvalue weighted by molar-refractivity contribution is 5.85. The quantitative estimate of drug-likeness (QED) is 0.828. The van der Waals surface area contributed by atoms with Crippen LogP contribution in [0.4, 0.5) is 13.6 Å². The predicted molar refractivity (Wildman–Crippen MR) is 86.7 cm³/mol. The third kappa shape index (κ3) is 3.32. The minimum absolute atomic E-state index is 0.0749. The number of ether oxygens (including phenoxy) is 1. The van der Waals surface area contributed by atoms with Crippen molar-refractivity contribution in [3.05, 3.63) is 35.4 Å². The van der Waals surface area contributed by atoms with Gasteiger partial charge in [-0.3, -0.25) is 9.69 Å². The first-order valence-corrected chi connectivity index (χ1v) is 8.56. The lowest BCUT2D eigenvalue weighted by Crippen LogP contribution is -2.54. The van der Waals surface area contributed by atoms with Gasteiger partial charge in [0.25, 0.3) is 0 Å². The van der Waals surface area contributed by atoms with E-state index in [1.807, 2.05) is 6.92 Å². The van der Waals surface area contributed by atoms with Gasteiger partial charge in [0.1, 0.15) is 17.7 Å². The monoisotopic (exact) mass is 352 g/mol. The maximum Gasteiger partial charge on any atom is 0.410 e. The molecular formula is C18H22F2N2O3. The van der Waals surface area contributed by atoms with Gasteiger partial charge in [-0.2, -0.15) is 0 Å². The number of nitrogens with two attached hydrogens (primary N) is 1. The summed E-state index contributed by atoms with van der Waals surface area (Å²) in [4.78, 5) is 25.5. The lowest BCUT2D eigenvalue weighted by Gasteiger charge is -2.37. The second-order valence-corrected chi connectivity index (χ2v) is 6.97. The summed E-state index contributed by atoms with van der Waals surface area (Å²) in [6, 6.07) is 2.68. The Morgan fingerprint density at radius 2 is 2.00 bits per heavy atom. The number of nitrogens with zero attached hydrogens (tertiary/aromatic N) is 1. The number of carbonyl (C=O) groups is 2. The minimum atomic E-state index is -0.742. The van der Waals surface area contributed by atoms with E-state index in [1.165, 1.54) is 17.0 Å². The Kier molecular flexibility index (Phi) is 4.67. The van der Waals surface area contributed by atoms with Gasteiger partial charge in [-0.1, -0.05) is 13.3 Å². The molecule has 5 nitrogen and oxygen atoms in total. The second-order valence-electron chi connectivity index (χ2n) is 6.97. The van der Waals surface area contributed by atoms with E-state index >= 15 is 0 Å². The number of primary amides is 1. The van der Waals surface area contributed by atoms with Crippen molar-refractivity contribution in [1.82, 2.24) is 4.90 Å². The van der Waals surface area contributed by atoms with Crippen LogP contribution in [0.3, 0.4) is 0 Å². The normalized spacial score (nSPS) is 27.6. The van der Waals surface area contributed by atoms with Gasteiger partial charge in [0.05, 0.1) is 6.61 Å². The number of piperidine rings is 1. The van der Waals surface area contributed by atoms with Crippen molar-refractivity contribution in [2.24, 2.45) is 11.7 Å². The standard InChI is InChI=1S/C18H22F2N2O3/c1-2-3-4-25-17(24)22-10-18(9-12(18)7-15(22)16(21)23)11-5-13(19)8-14(20)6-11/h5-6,8,12,15H,2-4,7,9-10H2,1H3,(H2,21,23). The number of likely N-dealkylation sites (tertiary alicyclic amines) is 1. The molecule has 1 aromatic carbocycles. The molecule has 1 heterocycles. The van der Waals surface area contributed by atoms with E-state index in [4.69, 9.17) is 10.5 Å². The Morgan fingerprint density at radius 3 is 2.60 bits per heavy atom. The summed E-state index contributed by atoms with van der Waals surface area (Å²) in [6.07, 6.45) is 2.05. The molecule has 2 fully saturated rings. The largest absolute Gasteiger partial charge is 0.449 e. The van der Waals surface area contributed by atoms with Gasteiger partial charge in [-0.15, -0.1) is 0 Å². The van der Waals surface area contributed by atoms with Crippen LogP contribution in [-0.2, 0) is 14.9 Å². The van der Waals surface area contributed by atoms with Gasteiger partial charge in [0, 0.05) is 18.0 Å². The van der Waals surface area contributed by atoms with Gasteiger partial charge in [-0.25, -0.2) is 13.6 Å². The van der Waals surface area contributed by atoms with Crippen LogP contribution in [0, 0.1) is 17.6 Å². The Balaban J connectivity index is 1.83. The Labute approximate surface area is 145 Å². The van der Waals surface area contributed by atoms with Gasteiger partial charge in [0.15, 0.2) is 0 Å². The molecule has 0 aromatic heterocycles. The molecule has 25 heavy (non-hydrogen) atoms. The van der Waals surface area contributed by atoms with Gasteiger partial charge < -0.3 is 10.5 Å². The van der Waals surface area contributed by atoms with Crippen molar-refractivity contribution in [3.63, 3.8) is 0 Å². The Hall–Kier alpha value is -2.18. The number of fused-ring (bicyclic) bond motifs is 1. The van der Waals surface area contributed by atoms with E-state index in [1.54, 1.807) is 0 Å². The molecule has 0 radical (unpaired) electrons. The van der Waals surface area contributed by atoms with E-state index in [9.17, 15) is 18.4 Å². The Morgan fingerprint density at radius 1 is 1.32 bits per heavy atom. The van der Waals surface area contributed by atoms with Crippen LogP contribution in [0.15, 0.2) is 18.2 Å². The average molecular weight is 352 g/mol. The van der Waals surface area contributed by atoms with Crippen molar-refractivity contribution in [1.29, 1.82) is 0 Å². The van der Waals surface area contributed by atoms with Crippen LogP contribution in [0.5, 0.6) is 0 Å². The highest BCUT2D eigenvalue weighted by Crippen LogP contribution is 2.60. The zero-order valence-corrected chi connectivity index (χ0v) is 14.1. The smallest absolute Gasteiger partial charge is 0.410 e. The fourth-order valence-corrected chi connectivity index (χ4v) is 3.83. The first-order valence-electron chi connectivity index (χ1n) is 8.56. The molecule has 2 aliphatic rings. The number of hydrogen-bond donors (Lipinski definition) is 1. The average Bonchev–Trinajstić information content (AvgIpc) is 3.27. The van der Waals surface area contributed by atoms with E-state index in [0.717, 1.165) is 18.9 Å². The summed E-state index contributed by atoms with van der Waals surface area (Å²) in [6.45, 7) is 2.42. The zero-order chi connectivity index (χ0) is 18.2. The predicted octanol–water partition coefficient (Wildman–Crippen LogP) is 2.72. The summed E-state index contributed by atoms with van der Waals surface area (Å²) in [5.74, 6) is -1.81. The number of benzene rings is 1. The fourth-order valence-electron chi connectivity index (χ4n) is 3.83. The van der Waals surface area contributed by atoms with Gasteiger partial charge >= 0.3 is 6.09 Å². The number of amides is 2. The number of halogens is 2. The number of rotatable bonds is 5. The zero-order valence-electron chi connectivity index (χ0n) is 14.1. The maximum absolute atomic E-state index is 13.6. The molecule has 1 aromatic rings. The van der Waals surface area contributed by atoms with Crippen LogP contribution in [-0.4, -0.2) is 36.1 Å². The number of unbranched alkanes of at least 4 members (excludes halogenated alkanes) is 1. The van der Waals surface area contributed by atoms with Crippen molar-refractivity contribution >= 4 is 12.0 Å². The summed E-state index contributed by atoms with van der Waals surface area (Å²) < 4.78 is 32.5. The first kappa shape index (κ1) is 17.6. The third-order valence-electron chi connectivity index (χ3n) is 5.29. The molecule has 1 aliphatic carbocycles. The van der Waals surface area contributed by atoms with Crippen LogP contribution >= 0.6 is 0 Å². The molecule has 1 saturated heterocycles. The third-order valence-corrected chi connectivity index (χ3v) is 5.29. The van der Waals surface area contributed by atoms with Crippen molar-refractivity contribution in [2.45, 2.75) is 44.1 Å². The molecule has 3 atom stereocenters. The summed E-state index contributed by atoms with van der Waals surface area (Å²) in [5, 5.41) is 0. The van der Waals surface area contributed by atoms with Crippen LogP contribution in [0.1, 0.15) is 38.2 Å². The van der Waals surface area contributed by atoms with Gasteiger partial charge in [-0.05, 0) is 42.9 Å². The highest BCUT2D eigenvalue weighted by atomic mass is 19.1. The van der Waals surface area contributed by atoms with Crippen molar-refractivity contribution in [2.75, 3.05) is 13.2 Å². The minimum Gasteiger partial charge on any atom is -0.449 e. The van der Waals surface area contributed by atoms with Crippen molar-refractivity contribution in [3.8, 4) is 0 Å². The van der Waals surface area contributed by atoms with E-state index < -0.39 is 35.1 Å². The highest BCUT2D eigenvalue weighted by Gasteiger charge is 2.62. The molecular weight excluding hydrogens is 330 g/mol. The summed E-state index contributed by atoms with van der Waals surface area (Å²) in [5.41, 5.74) is 5.44. The first-order chi connectivity index (χ1) is 11.9. The molecule has 1 saturated carbocycles. The summed E-state index contributed by atoms with van der Waals surface area (Å²) in [7, 11) is 0. The van der Waals surface area contributed by atoms with Crippen LogP contribution < -0.4 is 5.73 Å². The Bertz CT molecular complexity index is 677. The molecule has 3 rings (SSSR count). The molecule has 0 spiro atoms. The molecule has 0 bridgehead atoms. The van der Waals surface area contributed by atoms with Crippen LogP contribution in [0.2, 0.25) is 0 Å². The molecule has 1 aliphatic heterocycles. The van der Waals surface area contributed by atoms with Crippen molar-refractivity contribution < 1.29 is 23.1 Å². The lowest BCUT2D eigenvalue weighted by atomic mass is 9.86.